The van der Waals surface area contributed by atoms with E-state index < -0.39 is 0 Å². The summed E-state index contributed by atoms with van der Waals surface area (Å²) in [6, 6.07) is 15.7. The second-order valence-corrected chi connectivity index (χ2v) is 6.51. The molecule has 0 saturated heterocycles. The molecule has 0 radical (unpaired) electrons. The molecule has 4 nitrogen and oxygen atoms in total. The molecule has 1 atom stereocenters. The molecule has 0 spiro atoms. The quantitative estimate of drug-likeness (QED) is 0.787. The lowest BCUT2D eigenvalue weighted by Crippen LogP contribution is -2.23. The van der Waals surface area contributed by atoms with Gasteiger partial charge in [-0.15, -0.1) is 0 Å². The van der Waals surface area contributed by atoms with Crippen LogP contribution in [-0.2, 0) is 0 Å². The van der Waals surface area contributed by atoms with Gasteiger partial charge < -0.3 is 5.32 Å². The summed E-state index contributed by atoms with van der Waals surface area (Å²) in [6.45, 7) is 4.12. The Balaban J connectivity index is 1.92. The molecule has 2 aromatic carbocycles. The molecule has 2 heterocycles. The molecule has 1 amide bonds. The van der Waals surface area contributed by atoms with Gasteiger partial charge in [0.2, 0.25) is 0 Å². The average molecular weight is 335 g/mol. The minimum absolute atomic E-state index is 0.160. The summed E-state index contributed by atoms with van der Waals surface area (Å²) in [4.78, 5) is 12.7. The van der Waals surface area contributed by atoms with Crippen molar-refractivity contribution in [2.75, 3.05) is 0 Å². The van der Waals surface area contributed by atoms with Crippen molar-refractivity contribution in [3.63, 3.8) is 0 Å². The van der Waals surface area contributed by atoms with Crippen LogP contribution in [0.15, 0.2) is 54.6 Å². The van der Waals surface area contributed by atoms with Crippen LogP contribution in [0, 0.1) is 5.82 Å². The number of rotatable bonds is 3. The third-order valence-electron chi connectivity index (χ3n) is 4.48. The summed E-state index contributed by atoms with van der Waals surface area (Å²) in [5.74, 6) is -0.315. The topological polar surface area (TPSA) is 46.9 Å². The third-order valence-corrected chi connectivity index (χ3v) is 4.48. The SMILES string of the molecule is CC(C)c1nn(-c2ccc(F)cc2)c2c1C(c1ccccc1)NC2=O. The monoisotopic (exact) mass is 335 g/mol. The van der Waals surface area contributed by atoms with Gasteiger partial charge in [-0.1, -0.05) is 44.2 Å². The normalized spacial score (nSPS) is 16.2. The lowest BCUT2D eigenvalue weighted by molar-refractivity contribution is 0.0953. The zero-order valence-corrected chi connectivity index (χ0v) is 14.0. The summed E-state index contributed by atoms with van der Waals surface area (Å²) in [6.07, 6.45) is 0. The van der Waals surface area contributed by atoms with Crippen molar-refractivity contribution in [1.29, 1.82) is 0 Å². The number of carbonyl (C=O) groups excluding carboxylic acids is 1. The first-order chi connectivity index (χ1) is 12.1. The minimum Gasteiger partial charge on any atom is -0.340 e. The Morgan fingerprint density at radius 3 is 2.40 bits per heavy atom. The van der Waals surface area contributed by atoms with Crippen molar-refractivity contribution in [3.05, 3.63) is 82.9 Å². The number of carbonyl (C=O) groups is 1. The van der Waals surface area contributed by atoms with Crippen LogP contribution < -0.4 is 5.32 Å². The minimum atomic E-state index is -0.316. The van der Waals surface area contributed by atoms with Crippen molar-refractivity contribution >= 4 is 5.91 Å². The van der Waals surface area contributed by atoms with E-state index in [4.69, 9.17) is 5.10 Å². The van der Waals surface area contributed by atoms with E-state index in [2.05, 4.69) is 19.2 Å². The number of aromatic nitrogens is 2. The fourth-order valence-electron chi connectivity index (χ4n) is 3.31. The van der Waals surface area contributed by atoms with Crippen molar-refractivity contribution < 1.29 is 9.18 Å². The number of hydrogen-bond donors (Lipinski definition) is 1. The summed E-state index contributed by atoms with van der Waals surface area (Å²) in [7, 11) is 0. The number of fused-ring (bicyclic) bond motifs is 1. The number of hydrogen-bond acceptors (Lipinski definition) is 2. The molecule has 1 aliphatic rings. The van der Waals surface area contributed by atoms with Crippen LogP contribution in [0.3, 0.4) is 0 Å². The van der Waals surface area contributed by atoms with E-state index in [1.807, 2.05) is 30.3 Å². The molecule has 1 aromatic heterocycles. The van der Waals surface area contributed by atoms with Crippen LogP contribution in [0.4, 0.5) is 4.39 Å². The largest absolute Gasteiger partial charge is 0.340 e. The van der Waals surface area contributed by atoms with Gasteiger partial charge in [-0.05, 0) is 35.7 Å². The number of halogens is 1. The van der Waals surface area contributed by atoms with E-state index in [9.17, 15) is 9.18 Å². The predicted octanol–water partition coefficient (Wildman–Crippen LogP) is 3.97. The summed E-state index contributed by atoms with van der Waals surface area (Å²) in [5.41, 5.74) is 4.02. The maximum absolute atomic E-state index is 13.3. The molecule has 1 aliphatic heterocycles. The Labute approximate surface area is 145 Å². The summed E-state index contributed by atoms with van der Waals surface area (Å²) < 4.78 is 14.9. The second-order valence-electron chi connectivity index (χ2n) is 6.51. The lowest BCUT2D eigenvalue weighted by atomic mass is 9.95. The number of nitrogens with zero attached hydrogens (tertiary/aromatic N) is 2. The van der Waals surface area contributed by atoms with Crippen LogP contribution in [0.2, 0.25) is 0 Å². The van der Waals surface area contributed by atoms with Crippen molar-refractivity contribution in [2.45, 2.75) is 25.8 Å². The highest BCUT2D eigenvalue weighted by atomic mass is 19.1. The fraction of sp³-hybridized carbons (Fsp3) is 0.200. The Hall–Kier alpha value is -2.95. The molecule has 5 heteroatoms. The zero-order chi connectivity index (χ0) is 17.6. The van der Waals surface area contributed by atoms with Crippen molar-refractivity contribution in [3.8, 4) is 5.69 Å². The summed E-state index contributed by atoms with van der Waals surface area (Å²) in [5, 5.41) is 7.75. The fourth-order valence-corrected chi connectivity index (χ4v) is 3.31. The van der Waals surface area contributed by atoms with E-state index in [0.717, 1.165) is 16.8 Å². The smallest absolute Gasteiger partial charge is 0.271 e. The molecule has 0 saturated carbocycles. The van der Waals surface area contributed by atoms with E-state index in [-0.39, 0.29) is 23.7 Å². The van der Waals surface area contributed by atoms with E-state index in [1.165, 1.54) is 12.1 Å². The van der Waals surface area contributed by atoms with Gasteiger partial charge in [0.15, 0.2) is 0 Å². The van der Waals surface area contributed by atoms with Crippen LogP contribution >= 0.6 is 0 Å². The molecule has 1 unspecified atom stereocenters. The van der Waals surface area contributed by atoms with E-state index in [0.29, 0.717) is 11.4 Å². The number of nitrogens with one attached hydrogen (secondary N) is 1. The maximum Gasteiger partial charge on any atom is 0.271 e. The van der Waals surface area contributed by atoms with Crippen molar-refractivity contribution in [2.24, 2.45) is 0 Å². The Bertz CT molecular complexity index is 930. The molecule has 3 aromatic rings. The van der Waals surface area contributed by atoms with Gasteiger partial charge in [0.1, 0.15) is 11.5 Å². The number of benzene rings is 2. The molecule has 25 heavy (non-hydrogen) atoms. The first kappa shape index (κ1) is 15.6. The highest BCUT2D eigenvalue weighted by Crippen LogP contribution is 2.37. The van der Waals surface area contributed by atoms with Gasteiger partial charge in [-0.2, -0.15) is 5.10 Å². The van der Waals surface area contributed by atoms with Gasteiger partial charge in [-0.3, -0.25) is 4.79 Å². The standard InChI is InChI=1S/C20H18FN3O/c1-12(2)17-16-18(13-6-4-3-5-7-13)22-20(25)19(16)24(23-17)15-10-8-14(21)9-11-15/h3-12,18H,1-2H3,(H,22,25). The second kappa shape index (κ2) is 5.84. The van der Waals surface area contributed by atoms with Gasteiger partial charge in [0, 0.05) is 5.56 Å². The summed E-state index contributed by atoms with van der Waals surface area (Å²) >= 11 is 0. The highest BCUT2D eigenvalue weighted by Gasteiger charge is 2.38. The molecular weight excluding hydrogens is 317 g/mol. The molecule has 0 bridgehead atoms. The molecule has 126 valence electrons. The van der Waals surface area contributed by atoms with Gasteiger partial charge in [-0.25, -0.2) is 9.07 Å². The van der Waals surface area contributed by atoms with Gasteiger partial charge in [0.05, 0.1) is 17.4 Å². The van der Waals surface area contributed by atoms with Gasteiger partial charge in [0.25, 0.3) is 5.91 Å². The van der Waals surface area contributed by atoms with E-state index >= 15 is 0 Å². The molecule has 0 aliphatic carbocycles. The molecular formula is C20H18FN3O. The predicted molar refractivity (Wildman–Crippen MR) is 93.4 cm³/mol. The zero-order valence-electron chi connectivity index (χ0n) is 14.0. The van der Waals surface area contributed by atoms with Crippen LogP contribution in [-0.4, -0.2) is 15.7 Å². The maximum atomic E-state index is 13.3. The van der Waals surface area contributed by atoms with Gasteiger partial charge >= 0.3 is 0 Å². The van der Waals surface area contributed by atoms with Crippen molar-refractivity contribution in [1.82, 2.24) is 15.1 Å². The highest BCUT2D eigenvalue weighted by molar-refractivity contribution is 5.99. The average Bonchev–Trinajstić information content (AvgIpc) is 3.16. The first-order valence-electron chi connectivity index (χ1n) is 8.31. The van der Waals surface area contributed by atoms with Crippen LogP contribution in [0.5, 0.6) is 0 Å². The molecule has 0 fully saturated rings. The lowest BCUT2D eigenvalue weighted by Gasteiger charge is -2.14. The Kier molecular flexibility index (Phi) is 3.64. The van der Waals surface area contributed by atoms with Crippen LogP contribution in [0.1, 0.15) is 53.1 Å². The van der Waals surface area contributed by atoms with E-state index in [1.54, 1.807) is 16.8 Å². The molecule has 1 N–H and O–H groups in total. The number of amides is 1. The Morgan fingerprint density at radius 1 is 1.08 bits per heavy atom. The molecule has 4 rings (SSSR count). The first-order valence-corrected chi connectivity index (χ1v) is 8.31. The Morgan fingerprint density at radius 2 is 1.76 bits per heavy atom. The van der Waals surface area contributed by atoms with Crippen LogP contribution in [0.25, 0.3) is 5.69 Å². The third kappa shape index (κ3) is 2.52.